The molecule has 0 saturated carbocycles. The van der Waals surface area contributed by atoms with E-state index in [1.54, 1.807) is 24.5 Å². The van der Waals surface area contributed by atoms with Gasteiger partial charge in [0.25, 0.3) is 0 Å². The Hall–Kier alpha value is -1.68. The van der Waals surface area contributed by atoms with E-state index in [9.17, 15) is 4.39 Å². The lowest BCUT2D eigenvalue weighted by atomic mass is 10.1. The quantitative estimate of drug-likeness (QED) is 0.922. The molecule has 0 saturated heterocycles. The fraction of sp³-hybridized carbons (Fsp3) is 0.231. The van der Waals surface area contributed by atoms with Crippen molar-refractivity contribution in [1.82, 2.24) is 9.97 Å². The van der Waals surface area contributed by atoms with Crippen LogP contribution in [0.25, 0.3) is 0 Å². The van der Waals surface area contributed by atoms with E-state index in [-0.39, 0.29) is 11.9 Å². The Morgan fingerprint density at radius 1 is 1.22 bits per heavy atom. The second-order valence-corrected chi connectivity index (χ2v) is 4.54. The smallest absolute Gasteiger partial charge is 0.222 e. The highest BCUT2D eigenvalue weighted by atomic mass is 35.5. The standard InChI is InChI=1S/C13H13ClFN3/c1-9(6-10-2-4-12(15)5-3-10)18-13-16-7-11(14)8-17-13/h2-5,7-9H,6H2,1H3,(H,16,17,18). The van der Waals surface area contributed by atoms with Crippen LogP contribution in [0.5, 0.6) is 0 Å². The maximum Gasteiger partial charge on any atom is 0.222 e. The summed E-state index contributed by atoms with van der Waals surface area (Å²) in [6.07, 6.45) is 3.86. The third-order valence-corrected chi connectivity index (χ3v) is 2.65. The molecule has 0 aliphatic heterocycles. The SMILES string of the molecule is CC(Cc1ccc(F)cc1)Nc1ncc(Cl)cn1. The average molecular weight is 266 g/mol. The first-order chi connectivity index (χ1) is 8.63. The second-order valence-electron chi connectivity index (χ2n) is 4.10. The van der Waals surface area contributed by atoms with Crippen LogP contribution >= 0.6 is 11.6 Å². The van der Waals surface area contributed by atoms with Gasteiger partial charge < -0.3 is 5.32 Å². The lowest BCUT2D eigenvalue weighted by molar-refractivity contribution is 0.626. The van der Waals surface area contributed by atoms with Gasteiger partial charge in [-0.05, 0) is 31.0 Å². The summed E-state index contributed by atoms with van der Waals surface area (Å²) in [5.74, 6) is 0.314. The molecule has 0 aliphatic rings. The summed E-state index contributed by atoms with van der Waals surface area (Å²) in [6.45, 7) is 2.02. The fourth-order valence-corrected chi connectivity index (χ4v) is 1.73. The van der Waals surface area contributed by atoms with Gasteiger partial charge in [0.2, 0.25) is 5.95 Å². The molecule has 1 aromatic heterocycles. The number of nitrogens with one attached hydrogen (secondary N) is 1. The topological polar surface area (TPSA) is 37.8 Å². The molecule has 1 N–H and O–H groups in total. The van der Waals surface area contributed by atoms with Crippen LogP contribution in [0.1, 0.15) is 12.5 Å². The summed E-state index contributed by atoms with van der Waals surface area (Å²) in [6, 6.07) is 6.62. The van der Waals surface area contributed by atoms with E-state index in [1.165, 1.54) is 12.1 Å². The van der Waals surface area contributed by atoms with E-state index in [1.807, 2.05) is 6.92 Å². The van der Waals surface area contributed by atoms with Gasteiger partial charge in [0.15, 0.2) is 0 Å². The van der Waals surface area contributed by atoms with Gasteiger partial charge >= 0.3 is 0 Å². The Labute approximate surface area is 110 Å². The number of hydrogen-bond donors (Lipinski definition) is 1. The normalized spacial score (nSPS) is 12.2. The lowest BCUT2D eigenvalue weighted by Crippen LogP contribution is -2.19. The van der Waals surface area contributed by atoms with Gasteiger partial charge in [-0.1, -0.05) is 23.7 Å². The van der Waals surface area contributed by atoms with Crippen molar-refractivity contribution in [3.8, 4) is 0 Å². The second kappa shape index (κ2) is 5.78. The molecule has 0 amide bonds. The average Bonchev–Trinajstić information content (AvgIpc) is 2.35. The third kappa shape index (κ3) is 3.67. The minimum atomic E-state index is -0.222. The molecule has 0 fully saturated rings. The zero-order chi connectivity index (χ0) is 13.0. The lowest BCUT2D eigenvalue weighted by Gasteiger charge is -2.13. The van der Waals surface area contributed by atoms with Gasteiger partial charge in [0.1, 0.15) is 5.82 Å². The van der Waals surface area contributed by atoms with Gasteiger partial charge in [0.05, 0.1) is 17.4 Å². The first-order valence-electron chi connectivity index (χ1n) is 5.62. The number of anilines is 1. The van der Waals surface area contributed by atoms with E-state index in [0.717, 1.165) is 12.0 Å². The number of hydrogen-bond acceptors (Lipinski definition) is 3. The molecule has 0 spiro atoms. The fourth-order valence-electron chi connectivity index (χ4n) is 1.63. The Balaban J connectivity index is 1.94. The number of aromatic nitrogens is 2. The predicted octanol–water partition coefficient (Wildman–Crippen LogP) is 3.31. The number of nitrogens with zero attached hydrogens (tertiary/aromatic N) is 2. The molecule has 0 aliphatic carbocycles. The summed E-state index contributed by atoms with van der Waals surface area (Å²) in [5, 5.41) is 3.66. The monoisotopic (exact) mass is 265 g/mol. The highest BCUT2D eigenvalue weighted by molar-refractivity contribution is 6.30. The number of halogens is 2. The van der Waals surface area contributed by atoms with Crippen molar-refractivity contribution in [3.63, 3.8) is 0 Å². The third-order valence-electron chi connectivity index (χ3n) is 2.45. The largest absolute Gasteiger partial charge is 0.351 e. The van der Waals surface area contributed by atoms with Crippen LogP contribution in [-0.4, -0.2) is 16.0 Å². The Bertz CT molecular complexity index is 451. The molecule has 1 aromatic carbocycles. The van der Waals surface area contributed by atoms with Gasteiger partial charge in [0, 0.05) is 6.04 Å². The molecule has 94 valence electrons. The van der Waals surface area contributed by atoms with E-state index in [2.05, 4.69) is 15.3 Å². The van der Waals surface area contributed by atoms with Crippen LogP contribution in [0.4, 0.5) is 10.3 Å². The van der Waals surface area contributed by atoms with Gasteiger partial charge in [-0.3, -0.25) is 0 Å². The van der Waals surface area contributed by atoms with Gasteiger partial charge in [-0.2, -0.15) is 0 Å². The number of rotatable bonds is 4. The molecule has 1 atom stereocenters. The van der Waals surface area contributed by atoms with Crippen LogP contribution in [-0.2, 0) is 6.42 Å². The van der Waals surface area contributed by atoms with Crippen LogP contribution in [0.2, 0.25) is 5.02 Å². The maximum absolute atomic E-state index is 12.8. The summed E-state index contributed by atoms with van der Waals surface area (Å²) in [4.78, 5) is 8.12. The molecule has 1 unspecified atom stereocenters. The Kier molecular flexibility index (Phi) is 4.10. The Morgan fingerprint density at radius 2 is 1.83 bits per heavy atom. The highest BCUT2D eigenvalue weighted by Gasteiger charge is 2.05. The van der Waals surface area contributed by atoms with Crippen LogP contribution < -0.4 is 5.32 Å². The summed E-state index contributed by atoms with van der Waals surface area (Å²) in [5.41, 5.74) is 1.06. The van der Waals surface area contributed by atoms with Crippen molar-refractivity contribution in [1.29, 1.82) is 0 Å². The molecule has 1 heterocycles. The molecule has 2 rings (SSSR count). The predicted molar refractivity (Wildman–Crippen MR) is 70.2 cm³/mol. The molecule has 5 heteroatoms. The van der Waals surface area contributed by atoms with Crippen LogP contribution in [0.15, 0.2) is 36.7 Å². The summed E-state index contributed by atoms with van der Waals surface area (Å²) in [7, 11) is 0. The van der Waals surface area contributed by atoms with Crippen molar-refractivity contribution in [2.75, 3.05) is 5.32 Å². The first-order valence-corrected chi connectivity index (χ1v) is 6.00. The minimum absolute atomic E-state index is 0.150. The van der Waals surface area contributed by atoms with Crippen LogP contribution in [0.3, 0.4) is 0 Å². The molecule has 2 aromatic rings. The van der Waals surface area contributed by atoms with Crippen LogP contribution in [0, 0.1) is 5.82 Å². The van der Waals surface area contributed by atoms with Crippen molar-refractivity contribution in [2.24, 2.45) is 0 Å². The number of benzene rings is 1. The highest BCUT2D eigenvalue weighted by Crippen LogP contribution is 2.10. The molecule has 18 heavy (non-hydrogen) atoms. The van der Waals surface area contributed by atoms with E-state index >= 15 is 0 Å². The Morgan fingerprint density at radius 3 is 2.44 bits per heavy atom. The van der Waals surface area contributed by atoms with Crippen molar-refractivity contribution in [2.45, 2.75) is 19.4 Å². The van der Waals surface area contributed by atoms with E-state index in [0.29, 0.717) is 11.0 Å². The maximum atomic E-state index is 12.8. The van der Waals surface area contributed by atoms with E-state index in [4.69, 9.17) is 11.6 Å². The van der Waals surface area contributed by atoms with Gasteiger partial charge in [-0.25, -0.2) is 14.4 Å². The summed E-state index contributed by atoms with van der Waals surface area (Å²) < 4.78 is 12.8. The molecule has 3 nitrogen and oxygen atoms in total. The summed E-state index contributed by atoms with van der Waals surface area (Å²) >= 11 is 5.70. The molecule has 0 radical (unpaired) electrons. The zero-order valence-electron chi connectivity index (χ0n) is 9.90. The first kappa shape index (κ1) is 12.8. The minimum Gasteiger partial charge on any atom is -0.351 e. The molecular formula is C13H13ClFN3. The van der Waals surface area contributed by atoms with Crippen molar-refractivity contribution in [3.05, 3.63) is 53.1 Å². The van der Waals surface area contributed by atoms with E-state index < -0.39 is 0 Å². The van der Waals surface area contributed by atoms with Crippen molar-refractivity contribution >= 4 is 17.5 Å². The molecular weight excluding hydrogens is 253 g/mol. The zero-order valence-corrected chi connectivity index (χ0v) is 10.7. The molecule has 0 bridgehead atoms. The van der Waals surface area contributed by atoms with Gasteiger partial charge in [-0.15, -0.1) is 0 Å². The van der Waals surface area contributed by atoms with Crippen molar-refractivity contribution < 1.29 is 4.39 Å².